The Labute approximate surface area is 177 Å². The van der Waals surface area contributed by atoms with Crippen molar-refractivity contribution in [2.75, 3.05) is 63.3 Å². The molecular formula is C20H27N5O4S. The molecule has 1 aromatic carbocycles. The minimum atomic E-state index is -3.70. The zero-order valence-electron chi connectivity index (χ0n) is 17.3. The van der Waals surface area contributed by atoms with Crippen LogP contribution in [0.15, 0.2) is 35.4 Å². The number of rotatable bonds is 6. The molecule has 2 aromatic rings. The van der Waals surface area contributed by atoms with Crippen LogP contribution in [-0.4, -0.2) is 76.2 Å². The van der Waals surface area contributed by atoms with E-state index in [9.17, 15) is 8.42 Å². The van der Waals surface area contributed by atoms with Gasteiger partial charge in [0.2, 0.25) is 16.0 Å². The molecule has 2 fully saturated rings. The first kappa shape index (κ1) is 20.7. The minimum Gasteiger partial charge on any atom is -0.497 e. The van der Waals surface area contributed by atoms with E-state index in [2.05, 4.69) is 14.8 Å². The van der Waals surface area contributed by atoms with Gasteiger partial charge in [0, 0.05) is 51.5 Å². The van der Waals surface area contributed by atoms with Gasteiger partial charge in [-0.2, -0.15) is 9.29 Å². The van der Waals surface area contributed by atoms with E-state index in [1.54, 1.807) is 18.3 Å². The second kappa shape index (κ2) is 8.65. The summed E-state index contributed by atoms with van der Waals surface area (Å²) in [6.45, 7) is 3.82. The van der Waals surface area contributed by atoms with Crippen LogP contribution in [-0.2, 0) is 10.0 Å². The molecule has 3 heterocycles. The molecule has 0 unspecified atom stereocenters. The maximum absolute atomic E-state index is 13.2. The van der Waals surface area contributed by atoms with Gasteiger partial charge in [0.15, 0.2) is 0 Å². The number of hydrogen-bond acceptors (Lipinski definition) is 8. The average molecular weight is 434 g/mol. The van der Waals surface area contributed by atoms with Crippen molar-refractivity contribution in [2.24, 2.45) is 0 Å². The quantitative estimate of drug-likeness (QED) is 0.679. The normalized spacial score (nSPS) is 17.9. The minimum absolute atomic E-state index is 0.121. The summed E-state index contributed by atoms with van der Waals surface area (Å²) >= 11 is 0. The Morgan fingerprint density at radius 1 is 0.900 bits per heavy atom. The summed E-state index contributed by atoms with van der Waals surface area (Å²) in [7, 11) is -0.730. The number of ether oxygens (including phenoxy) is 2. The second-order valence-corrected chi connectivity index (χ2v) is 9.22. The average Bonchev–Trinajstić information content (AvgIpc) is 3.34. The molecule has 162 valence electrons. The van der Waals surface area contributed by atoms with E-state index >= 15 is 0 Å². The third-order valence-electron chi connectivity index (χ3n) is 5.57. The number of anilines is 2. The van der Waals surface area contributed by atoms with Crippen molar-refractivity contribution in [2.45, 2.75) is 17.7 Å². The molecule has 2 aliphatic rings. The highest BCUT2D eigenvalue weighted by Crippen LogP contribution is 2.31. The Bertz CT molecular complexity index is 986. The molecule has 0 spiro atoms. The van der Waals surface area contributed by atoms with Gasteiger partial charge in [-0.3, -0.25) is 0 Å². The van der Waals surface area contributed by atoms with E-state index in [0.717, 1.165) is 37.7 Å². The summed E-state index contributed by atoms with van der Waals surface area (Å²) < 4.78 is 38.5. The zero-order chi connectivity index (χ0) is 21.1. The first-order valence-electron chi connectivity index (χ1n) is 10.1. The maximum atomic E-state index is 13.2. The summed E-state index contributed by atoms with van der Waals surface area (Å²) in [6.07, 6.45) is 4.11. The van der Waals surface area contributed by atoms with Crippen LogP contribution in [0, 0.1) is 0 Å². The molecule has 2 aliphatic heterocycles. The van der Waals surface area contributed by atoms with Crippen LogP contribution in [0.5, 0.6) is 11.5 Å². The SMILES string of the molecule is COc1ccc(OC)c(S(=O)(=O)N2CCN(c3ccnc(N4CCCC4)n3)CC2)c1. The van der Waals surface area contributed by atoms with Crippen molar-refractivity contribution in [3.63, 3.8) is 0 Å². The number of sulfonamides is 1. The fourth-order valence-corrected chi connectivity index (χ4v) is 5.46. The highest BCUT2D eigenvalue weighted by molar-refractivity contribution is 7.89. The molecule has 9 nitrogen and oxygen atoms in total. The molecule has 1 aromatic heterocycles. The van der Waals surface area contributed by atoms with E-state index in [1.165, 1.54) is 24.6 Å². The van der Waals surface area contributed by atoms with E-state index < -0.39 is 10.0 Å². The smallest absolute Gasteiger partial charge is 0.247 e. The molecule has 10 heteroatoms. The van der Waals surface area contributed by atoms with Crippen LogP contribution in [0.2, 0.25) is 0 Å². The molecule has 0 amide bonds. The number of benzene rings is 1. The molecule has 0 bridgehead atoms. The van der Waals surface area contributed by atoms with Gasteiger partial charge in [0.05, 0.1) is 14.2 Å². The van der Waals surface area contributed by atoms with Gasteiger partial charge in [0.1, 0.15) is 22.2 Å². The summed E-state index contributed by atoms with van der Waals surface area (Å²) in [4.78, 5) is 13.5. The van der Waals surface area contributed by atoms with Crippen LogP contribution in [0.1, 0.15) is 12.8 Å². The lowest BCUT2D eigenvalue weighted by Gasteiger charge is -2.35. The van der Waals surface area contributed by atoms with Gasteiger partial charge < -0.3 is 19.3 Å². The Morgan fingerprint density at radius 2 is 1.63 bits per heavy atom. The van der Waals surface area contributed by atoms with Gasteiger partial charge in [-0.15, -0.1) is 0 Å². The Balaban J connectivity index is 1.49. The largest absolute Gasteiger partial charge is 0.497 e. The molecule has 0 saturated carbocycles. The van der Waals surface area contributed by atoms with Gasteiger partial charge in [-0.25, -0.2) is 13.4 Å². The van der Waals surface area contributed by atoms with Crippen LogP contribution in [0.4, 0.5) is 11.8 Å². The van der Waals surface area contributed by atoms with E-state index in [1.807, 2.05) is 6.07 Å². The fourth-order valence-electron chi connectivity index (χ4n) is 3.87. The van der Waals surface area contributed by atoms with Crippen molar-refractivity contribution in [3.05, 3.63) is 30.5 Å². The Kier molecular flexibility index (Phi) is 5.96. The van der Waals surface area contributed by atoms with Crippen molar-refractivity contribution < 1.29 is 17.9 Å². The Morgan fingerprint density at radius 3 is 2.30 bits per heavy atom. The molecule has 2 saturated heterocycles. The summed E-state index contributed by atoms with van der Waals surface area (Å²) in [5.41, 5.74) is 0. The highest BCUT2D eigenvalue weighted by atomic mass is 32.2. The van der Waals surface area contributed by atoms with E-state index in [4.69, 9.17) is 14.5 Å². The second-order valence-electron chi connectivity index (χ2n) is 7.32. The topological polar surface area (TPSA) is 88.1 Å². The number of methoxy groups -OCH3 is 2. The molecule has 30 heavy (non-hydrogen) atoms. The number of hydrogen-bond donors (Lipinski definition) is 0. The lowest BCUT2D eigenvalue weighted by Crippen LogP contribution is -2.49. The van der Waals surface area contributed by atoms with Gasteiger partial charge >= 0.3 is 0 Å². The maximum Gasteiger partial charge on any atom is 0.247 e. The third kappa shape index (κ3) is 4.01. The third-order valence-corrected chi connectivity index (χ3v) is 7.49. The lowest BCUT2D eigenvalue weighted by molar-refractivity contribution is 0.370. The van der Waals surface area contributed by atoms with Crippen molar-refractivity contribution >= 4 is 21.8 Å². The molecule has 0 N–H and O–H groups in total. The highest BCUT2D eigenvalue weighted by Gasteiger charge is 2.32. The van der Waals surface area contributed by atoms with E-state index in [0.29, 0.717) is 37.7 Å². The molecule has 4 rings (SSSR count). The predicted molar refractivity (Wildman–Crippen MR) is 114 cm³/mol. The van der Waals surface area contributed by atoms with Crippen LogP contribution in [0.25, 0.3) is 0 Å². The lowest BCUT2D eigenvalue weighted by atomic mass is 10.3. The molecular weight excluding hydrogens is 406 g/mol. The molecule has 0 atom stereocenters. The first-order chi connectivity index (χ1) is 14.5. The van der Waals surface area contributed by atoms with Crippen molar-refractivity contribution in [1.82, 2.24) is 14.3 Å². The zero-order valence-corrected chi connectivity index (χ0v) is 18.1. The van der Waals surface area contributed by atoms with Crippen molar-refractivity contribution in [3.8, 4) is 11.5 Å². The summed E-state index contributed by atoms with van der Waals surface area (Å²) in [5, 5.41) is 0. The van der Waals surface area contributed by atoms with Crippen molar-refractivity contribution in [1.29, 1.82) is 0 Å². The van der Waals surface area contributed by atoms with Crippen LogP contribution in [0.3, 0.4) is 0 Å². The number of aromatic nitrogens is 2. The Hall–Kier alpha value is -2.59. The van der Waals surface area contributed by atoms with Gasteiger partial charge in [0.25, 0.3) is 0 Å². The predicted octanol–water partition coefficient (Wildman–Crippen LogP) is 1.60. The number of nitrogens with zero attached hydrogens (tertiary/aromatic N) is 5. The first-order valence-corrected chi connectivity index (χ1v) is 11.5. The summed E-state index contributed by atoms with van der Waals surface area (Å²) in [5.74, 6) is 2.37. The monoisotopic (exact) mass is 433 g/mol. The standard InChI is InChI=1S/C20H27N5O4S/c1-28-16-5-6-17(29-2)18(15-16)30(26,27)25-13-11-23(12-14-25)19-7-8-21-20(22-19)24-9-3-4-10-24/h5-8,15H,3-4,9-14H2,1-2H3. The number of piperazine rings is 1. The van der Waals surface area contributed by atoms with Gasteiger partial charge in [-0.05, 0) is 31.0 Å². The van der Waals surface area contributed by atoms with Crippen LogP contribution < -0.4 is 19.3 Å². The molecule has 0 aliphatic carbocycles. The van der Waals surface area contributed by atoms with E-state index in [-0.39, 0.29) is 4.90 Å². The van der Waals surface area contributed by atoms with Gasteiger partial charge in [-0.1, -0.05) is 0 Å². The molecule has 0 radical (unpaired) electrons. The summed E-state index contributed by atoms with van der Waals surface area (Å²) in [6, 6.07) is 6.69. The van der Waals surface area contributed by atoms with Crippen LogP contribution >= 0.6 is 0 Å². The fraction of sp³-hybridized carbons (Fsp3) is 0.500.